The summed E-state index contributed by atoms with van der Waals surface area (Å²) < 4.78 is 6.59. The van der Waals surface area contributed by atoms with Crippen molar-refractivity contribution in [2.45, 2.75) is 6.55 Å². The van der Waals surface area contributed by atoms with Crippen molar-refractivity contribution in [1.82, 2.24) is 0 Å². The van der Waals surface area contributed by atoms with Crippen LogP contribution < -0.4 is 5.19 Å². The fourth-order valence-electron chi connectivity index (χ4n) is 1.05. The molecule has 0 saturated carbocycles. The third-order valence-corrected chi connectivity index (χ3v) is 7.18. The lowest BCUT2D eigenvalue weighted by molar-refractivity contribution is 0.415. The largest absolute Gasteiger partial charge is 0.415 e. The number of hydrogen-bond donors (Lipinski definition) is 0. The first-order chi connectivity index (χ1) is 6.12. The Morgan fingerprint density at radius 2 is 1.92 bits per heavy atom. The molecule has 1 atom stereocenters. The molecule has 72 valence electrons. The van der Waals surface area contributed by atoms with Crippen molar-refractivity contribution in [1.29, 1.82) is 0 Å². The highest BCUT2D eigenvalue weighted by molar-refractivity contribution is 9.10. The van der Waals surface area contributed by atoms with Gasteiger partial charge in [-0.3, -0.25) is 0 Å². The van der Waals surface area contributed by atoms with Crippen LogP contribution in [-0.2, 0) is 4.43 Å². The van der Waals surface area contributed by atoms with Crippen molar-refractivity contribution < 1.29 is 4.43 Å². The van der Waals surface area contributed by atoms with Crippen molar-refractivity contribution in [3.63, 3.8) is 0 Å². The number of hydrogen-bond acceptors (Lipinski definition) is 1. The molecule has 13 heavy (non-hydrogen) atoms. The highest BCUT2D eigenvalue weighted by atomic mass is 79.9. The fourth-order valence-corrected chi connectivity index (χ4v) is 3.48. The van der Waals surface area contributed by atoms with Crippen LogP contribution in [0.25, 0.3) is 0 Å². The topological polar surface area (TPSA) is 9.23 Å². The molecule has 0 bridgehead atoms. The minimum absolute atomic E-state index is 0.588. The summed E-state index contributed by atoms with van der Waals surface area (Å²) in [5.41, 5.74) is 0.588. The van der Waals surface area contributed by atoms with Crippen LogP contribution in [0.5, 0.6) is 0 Å². The van der Waals surface area contributed by atoms with Gasteiger partial charge in [0.2, 0.25) is 8.32 Å². The van der Waals surface area contributed by atoms with Crippen molar-refractivity contribution in [3.8, 4) is 0 Å². The van der Waals surface area contributed by atoms with E-state index in [0.29, 0.717) is 5.50 Å². The maximum Gasteiger partial charge on any atom is 0.235 e. The minimum atomic E-state index is -1.85. The zero-order chi connectivity index (χ0) is 9.90. The van der Waals surface area contributed by atoms with Crippen molar-refractivity contribution in [2.24, 2.45) is 0 Å². The summed E-state index contributed by atoms with van der Waals surface area (Å²) in [6.07, 6.45) is 0. The predicted octanol–water partition coefficient (Wildman–Crippen LogP) is 2.66. The van der Waals surface area contributed by atoms with Crippen LogP contribution in [0, 0.1) is 0 Å². The fraction of sp³-hybridized carbons (Fsp3) is 0.333. The molecule has 4 heteroatoms. The first-order valence-electron chi connectivity index (χ1n) is 3.99. The van der Waals surface area contributed by atoms with E-state index in [-0.39, 0.29) is 0 Å². The summed E-state index contributed by atoms with van der Waals surface area (Å²) in [7, 11) is -0.119. The first-order valence-corrected chi connectivity index (χ1v) is 7.94. The molecule has 1 unspecified atom stereocenters. The van der Waals surface area contributed by atoms with Gasteiger partial charge >= 0.3 is 0 Å². The van der Waals surface area contributed by atoms with Crippen LogP contribution in [-0.4, -0.2) is 20.9 Å². The van der Waals surface area contributed by atoms with E-state index in [4.69, 9.17) is 16.0 Å². The number of halogens is 2. The van der Waals surface area contributed by atoms with E-state index in [9.17, 15) is 0 Å². The average Bonchev–Trinajstić information content (AvgIpc) is 2.18. The van der Waals surface area contributed by atoms with Crippen LogP contribution in [0.15, 0.2) is 28.7 Å². The van der Waals surface area contributed by atoms with Gasteiger partial charge < -0.3 is 4.43 Å². The molecule has 1 aromatic carbocycles. The summed E-state index contributed by atoms with van der Waals surface area (Å²) in [6.45, 7) is 2.11. The molecule has 0 heterocycles. The Kier molecular flexibility index (Phi) is 3.98. The Balaban J connectivity index is 2.99. The lowest BCUT2D eigenvalue weighted by Gasteiger charge is -2.22. The zero-order valence-electron chi connectivity index (χ0n) is 7.68. The first kappa shape index (κ1) is 11.2. The predicted molar refractivity (Wildman–Crippen MR) is 63.1 cm³/mol. The van der Waals surface area contributed by atoms with E-state index in [1.807, 2.05) is 12.1 Å². The minimum Gasteiger partial charge on any atom is -0.415 e. The lowest BCUT2D eigenvalue weighted by Crippen LogP contribution is -2.49. The smallest absolute Gasteiger partial charge is 0.235 e. The SMILES string of the molecule is CO[Si](C)(CCl)c1ccc(Br)cc1. The molecule has 0 aliphatic heterocycles. The van der Waals surface area contributed by atoms with Crippen LogP contribution in [0.3, 0.4) is 0 Å². The lowest BCUT2D eigenvalue weighted by atomic mass is 10.4. The van der Waals surface area contributed by atoms with E-state index in [1.165, 1.54) is 5.19 Å². The zero-order valence-corrected chi connectivity index (χ0v) is 11.0. The van der Waals surface area contributed by atoms with Gasteiger partial charge in [-0.05, 0) is 23.9 Å². The molecule has 0 aromatic heterocycles. The second kappa shape index (κ2) is 4.60. The second-order valence-corrected chi connectivity index (χ2v) is 8.51. The highest BCUT2D eigenvalue weighted by Crippen LogP contribution is 2.11. The number of rotatable bonds is 3. The van der Waals surface area contributed by atoms with E-state index < -0.39 is 8.32 Å². The standard InChI is InChI=1S/C9H12BrClOSi/c1-12-13(2,7-11)9-5-3-8(10)4-6-9/h3-6H,7H2,1-2H3. The molecule has 0 fully saturated rings. The molecule has 1 nitrogen and oxygen atoms in total. The van der Waals surface area contributed by atoms with Gasteiger partial charge in [-0.2, -0.15) is 0 Å². The summed E-state index contributed by atoms with van der Waals surface area (Å²) in [6, 6.07) is 8.18. The number of benzene rings is 1. The molecule has 0 N–H and O–H groups in total. The summed E-state index contributed by atoms with van der Waals surface area (Å²) in [5.74, 6) is 0. The quantitative estimate of drug-likeness (QED) is 0.610. The third-order valence-electron chi connectivity index (χ3n) is 2.16. The van der Waals surface area contributed by atoms with Crippen LogP contribution in [0.4, 0.5) is 0 Å². The van der Waals surface area contributed by atoms with Crippen molar-refractivity contribution >= 4 is 41.0 Å². The molecule has 1 aromatic rings. The molecular weight excluding hydrogens is 268 g/mol. The Morgan fingerprint density at radius 1 is 1.38 bits per heavy atom. The average molecular weight is 280 g/mol. The molecule has 0 aliphatic carbocycles. The Hall–Kier alpha value is 0.167. The summed E-state index contributed by atoms with van der Waals surface area (Å²) in [5, 5.41) is 1.23. The Labute approximate surface area is 93.3 Å². The van der Waals surface area contributed by atoms with E-state index in [0.717, 1.165) is 4.47 Å². The number of alkyl halides is 1. The van der Waals surface area contributed by atoms with Gasteiger partial charge in [-0.25, -0.2) is 0 Å². The van der Waals surface area contributed by atoms with Gasteiger partial charge in [-0.1, -0.05) is 28.1 Å². The van der Waals surface area contributed by atoms with Gasteiger partial charge in [0.1, 0.15) is 0 Å². The maximum absolute atomic E-state index is 5.91. The molecule has 0 saturated heterocycles. The maximum atomic E-state index is 5.91. The van der Waals surface area contributed by atoms with Crippen molar-refractivity contribution in [2.75, 3.05) is 12.6 Å². The highest BCUT2D eigenvalue weighted by Gasteiger charge is 2.28. The molecule has 0 aliphatic rings. The molecule has 0 radical (unpaired) electrons. The monoisotopic (exact) mass is 278 g/mol. The van der Waals surface area contributed by atoms with E-state index >= 15 is 0 Å². The molecular formula is C9H12BrClOSi. The van der Waals surface area contributed by atoms with Crippen molar-refractivity contribution in [3.05, 3.63) is 28.7 Å². The van der Waals surface area contributed by atoms with Gasteiger partial charge in [0.25, 0.3) is 0 Å². The molecule has 0 spiro atoms. The van der Waals surface area contributed by atoms with Gasteiger partial charge in [0, 0.05) is 17.1 Å². The normalized spacial score (nSPS) is 15.4. The van der Waals surface area contributed by atoms with Gasteiger partial charge in [0.15, 0.2) is 0 Å². The van der Waals surface area contributed by atoms with Crippen LogP contribution in [0.1, 0.15) is 0 Å². The molecule has 1 rings (SSSR count). The second-order valence-electron chi connectivity index (χ2n) is 3.08. The summed E-state index contributed by atoms with van der Waals surface area (Å²) in [4.78, 5) is 0. The molecule has 0 amide bonds. The Bertz CT molecular complexity index is 271. The van der Waals surface area contributed by atoms with E-state index in [1.54, 1.807) is 7.11 Å². The Morgan fingerprint density at radius 3 is 2.31 bits per heavy atom. The van der Waals surface area contributed by atoms with E-state index in [2.05, 4.69) is 34.6 Å². The summed E-state index contributed by atoms with van der Waals surface area (Å²) >= 11 is 9.31. The van der Waals surface area contributed by atoms with Crippen LogP contribution >= 0.6 is 27.5 Å². The van der Waals surface area contributed by atoms with Gasteiger partial charge in [0.05, 0.1) is 0 Å². The van der Waals surface area contributed by atoms with Crippen LogP contribution in [0.2, 0.25) is 6.55 Å². The van der Waals surface area contributed by atoms with Gasteiger partial charge in [-0.15, -0.1) is 11.6 Å². The third kappa shape index (κ3) is 2.56.